The number of dihydropyridines is 1. The summed E-state index contributed by atoms with van der Waals surface area (Å²) in [7, 11) is 1.17. The number of nitrogens with one attached hydrogen (secondary N) is 1. The largest absolute Gasteiger partial charge is 0.466 e. The Bertz CT molecular complexity index is 1450. The molecule has 3 aromatic rings. The summed E-state index contributed by atoms with van der Waals surface area (Å²) < 4.78 is 30.4. The Labute approximate surface area is 194 Å². The molecule has 2 heterocycles. The van der Waals surface area contributed by atoms with Crippen LogP contribution in [0.4, 0.5) is 4.39 Å². The third-order valence-corrected chi connectivity index (χ3v) is 5.68. The maximum atomic E-state index is 14.1. The monoisotopic (exact) mass is 463 g/mol. The summed E-state index contributed by atoms with van der Waals surface area (Å²) in [6.07, 6.45) is 1.41. The molecule has 8 heteroatoms. The van der Waals surface area contributed by atoms with E-state index in [4.69, 9.17) is 13.9 Å². The van der Waals surface area contributed by atoms with Gasteiger partial charge in [-0.25, -0.2) is 14.0 Å². The quantitative estimate of drug-likeness (QED) is 0.335. The van der Waals surface area contributed by atoms with Gasteiger partial charge in [-0.3, -0.25) is 4.79 Å². The summed E-state index contributed by atoms with van der Waals surface area (Å²) in [6, 6.07) is 11.6. The van der Waals surface area contributed by atoms with Gasteiger partial charge in [-0.2, -0.15) is 0 Å². The number of para-hydroxylation sites is 2. The number of fused-ring (bicyclic) bond motifs is 2. The van der Waals surface area contributed by atoms with E-state index in [-0.39, 0.29) is 39.8 Å². The maximum absolute atomic E-state index is 14.1. The van der Waals surface area contributed by atoms with Crippen molar-refractivity contribution in [2.75, 3.05) is 20.4 Å². The fourth-order valence-corrected chi connectivity index (χ4v) is 4.22. The number of rotatable bonds is 6. The van der Waals surface area contributed by atoms with Crippen LogP contribution in [-0.2, 0) is 19.1 Å². The summed E-state index contributed by atoms with van der Waals surface area (Å²) in [6.45, 7) is 4.05. The van der Waals surface area contributed by atoms with Gasteiger partial charge in [-0.05, 0) is 25.1 Å². The second-order valence-corrected chi connectivity index (χ2v) is 7.65. The molecule has 4 rings (SSSR count). The lowest BCUT2D eigenvalue weighted by Crippen LogP contribution is -2.34. The van der Waals surface area contributed by atoms with Crippen molar-refractivity contribution < 1.29 is 27.9 Å². The Kier molecular flexibility index (Phi) is 6.32. The van der Waals surface area contributed by atoms with Gasteiger partial charge in [0.15, 0.2) is 0 Å². The van der Waals surface area contributed by atoms with Gasteiger partial charge in [-0.1, -0.05) is 36.9 Å². The molecule has 174 valence electrons. The van der Waals surface area contributed by atoms with E-state index in [0.717, 1.165) is 0 Å². The molecular weight excluding hydrogens is 441 g/mol. The normalized spacial score (nSPS) is 15.9. The van der Waals surface area contributed by atoms with Gasteiger partial charge in [0.25, 0.3) is 0 Å². The van der Waals surface area contributed by atoms with Crippen molar-refractivity contribution in [1.82, 2.24) is 5.32 Å². The van der Waals surface area contributed by atoms with E-state index in [1.165, 1.54) is 13.2 Å². The lowest BCUT2D eigenvalue weighted by atomic mass is 9.79. The molecule has 2 aromatic carbocycles. The van der Waals surface area contributed by atoms with Crippen LogP contribution in [-0.4, -0.2) is 32.3 Å². The van der Waals surface area contributed by atoms with E-state index >= 15 is 0 Å². The van der Waals surface area contributed by atoms with Crippen molar-refractivity contribution >= 4 is 33.9 Å². The van der Waals surface area contributed by atoms with Gasteiger partial charge in [0.05, 0.1) is 40.6 Å². The molecule has 0 bridgehead atoms. The Morgan fingerprint density at radius 3 is 2.56 bits per heavy atom. The van der Waals surface area contributed by atoms with Crippen molar-refractivity contribution in [2.24, 2.45) is 0 Å². The smallest absolute Gasteiger partial charge is 0.337 e. The first kappa shape index (κ1) is 23.0. The van der Waals surface area contributed by atoms with Gasteiger partial charge < -0.3 is 19.2 Å². The van der Waals surface area contributed by atoms with Crippen LogP contribution in [0.25, 0.3) is 21.9 Å². The lowest BCUT2D eigenvalue weighted by molar-refractivity contribution is -0.138. The first-order valence-electron chi connectivity index (χ1n) is 10.5. The van der Waals surface area contributed by atoms with Crippen LogP contribution in [0.2, 0.25) is 0 Å². The molecule has 0 saturated carbocycles. The van der Waals surface area contributed by atoms with E-state index in [0.29, 0.717) is 22.2 Å². The Morgan fingerprint density at radius 2 is 1.85 bits per heavy atom. The average Bonchev–Trinajstić information content (AvgIpc) is 2.86. The minimum absolute atomic E-state index is 0.0465. The van der Waals surface area contributed by atoms with Gasteiger partial charge >= 0.3 is 11.9 Å². The molecule has 0 fully saturated rings. The molecule has 1 aliphatic heterocycles. The van der Waals surface area contributed by atoms with E-state index in [1.54, 1.807) is 49.4 Å². The molecule has 34 heavy (non-hydrogen) atoms. The number of esters is 2. The zero-order chi connectivity index (χ0) is 24.4. The number of methoxy groups -OCH3 is 1. The second kappa shape index (κ2) is 9.35. The summed E-state index contributed by atoms with van der Waals surface area (Å²) in [5.74, 6) is -2.66. The molecule has 0 spiro atoms. The van der Waals surface area contributed by atoms with Gasteiger partial charge in [0.2, 0.25) is 5.43 Å². The van der Waals surface area contributed by atoms with E-state index in [2.05, 4.69) is 11.9 Å². The molecule has 1 aliphatic rings. The average molecular weight is 463 g/mol. The number of ether oxygens (including phenoxy) is 2. The van der Waals surface area contributed by atoms with Crippen LogP contribution in [0.1, 0.15) is 18.4 Å². The van der Waals surface area contributed by atoms with Crippen molar-refractivity contribution in [1.29, 1.82) is 0 Å². The number of halogens is 1. The van der Waals surface area contributed by atoms with Crippen molar-refractivity contribution in [3.8, 4) is 0 Å². The predicted octanol–water partition coefficient (Wildman–Crippen LogP) is 4.03. The Morgan fingerprint density at radius 1 is 1.12 bits per heavy atom. The van der Waals surface area contributed by atoms with Crippen LogP contribution in [0.3, 0.4) is 0 Å². The van der Waals surface area contributed by atoms with Crippen LogP contribution < -0.4 is 10.7 Å². The SMILES string of the molecule is C=CCOC(=O)C1=C(C)NC(CF)=C(C(=O)OC)C1c1cccc2c(=O)c3ccccc3oc12. The molecular formula is C26H22FNO6. The molecule has 0 aliphatic carbocycles. The minimum Gasteiger partial charge on any atom is -0.466 e. The summed E-state index contributed by atoms with van der Waals surface area (Å²) in [5.41, 5.74) is 0.810. The number of carbonyl (C=O) groups excluding carboxylic acids is 2. The van der Waals surface area contributed by atoms with Crippen molar-refractivity contribution in [3.63, 3.8) is 0 Å². The molecule has 1 atom stereocenters. The molecule has 7 nitrogen and oxygen atoms in total. The highest BCUT2D eigenvalue weighted by molar-refractivity contribution is 6.02. The Balaban J connectivity index is 2.07. The van der Waals surface area contributed by atoms with Crippen LogP contribution in [0.15, 0.2) is 86.9 Å². The second-order valence-electron chi connectivity index (χ2n) is 7.65. The first-order valence-corrected chi connectivity index (χ1v) is 10.5. The van der Waals surface area contributed by atoms with Gasteiger partial charge in [0.1, 0.15) is 24.4 Å². The topological polar surface area (TPSA) is 94.8 Å². The molecule has 1 N–H and O–H groups in total. The third kappa shape index (κ3) is 3.77. The number of hydrogen-bond acceptors (Lipinski definition) is 7. The van der Waals surface area contributed by atoms with Crippen LogP contribution in [0.5, 0.6) is 0 Å². The number of benzene rings is 2. The Hall–Kier alpha value is -4.20. The summed E-state index contributed by atoms with van der Waals surface area (Å²) >= 11 is 0. The van der Waals surface area contributed by atoms with Crippen molar-refractivity contribution in [2.45, 2.75) is 12.8 Å². The fraction of sp³-hybridized carbons (Fsp3) is 0.192. The van der Waals surface area contributed by atoms with E-state index < -0.39 is 24.5 Å². The standard InChI is InChI=1S/C26H22FNO6/c1-4-12-33-26(31)20-14(2)28-18(13-27)22(25(30)32-3)21(20)16-9-7-10-17-23(29)15-8-5-6-11-19(15)34-24(16)17/h4-11,21,28H,1,12-13H2,2-3H3. The zero-order valence-corrected chi connectivity index (χ0v) is 18.6. The van der Waals surface area contributed by atoms with Crippen LogP contribution >= 0.6 is 0 Å². The highest BCUT2D eigenvalue weighted by Gasteiger charge is 2.40. The zero-order valence-electron chi connectivity index (χ0n) is 18.6. The number of carbonyl (C=O) groups is 2. The minimum atomic E-state index is -1.11. The molecule has 0 amide bonds. The van der Waals surface area contributed by atoms with E-state index in [9.17, 15) is 18.8 Å². The van der Waals surface area contributed by atoms with Crippen LogP contribution in [0, 0.1) is 0 Å². The summed E-state index contributed by atoms with van der Waals surface area (Å²) in [5, 5.41) is 3.44. The number of allylic oxidation sites excluding steroid dienone is 2. The molecule has 1 aromatic heterocycles. The molecule has 0 radical (unpaired) electrons. The van der Waals surface area contributed by atoms with Gasteiger partial charge in [0, 0.05) is 11.3 Å². The predicted molar refractivity (Wildman–Crippen MR) is 125 cm³/mol. The fourth-order valence-electron chi connectivity index (χ4n) is 4.22. The molecule has 0 saturated heterocycles. The highest BCUT2D eigenvalue weighted by atomic mass is 19.1. The first-order chi connectivity index (χ1) is 16.4. The molecule has 1 unspecified atom stereocenters. The van der Waals surface area contributed by atoms with Crippen molar-refractivity contribution in [3.05, 3.63) is 93.4 Å². The third-order valence-electron chi connectivity index (χ3n) is 5.68. The lowest BCUT2D eigenvalue weighted by Gasteiger charge is -2.30. The summed E-state index contributed by atoms with van der Waals surface area (Å²) in [4.78, 5) is 39.1. The van der Waals surface area contributed by atoms with E-state index in [1.807, 2.05) is 0 Å². The highest BCUT2D eigenvalue weighted by Crippen LogP contribution is 2.42. The number of alkyl halides is 1. The van der Waals surface area contributed by atoms with Gasteiger partial charge in [-0.15, -0.1) is 0 Å². The maximum Gasteiger partial charge on any atom is 0.337 e. The number of hydrogen-bond donors (Lipinski definition) is 1.